The van der Waals surface area contributed by atoms with E-state index in [1.807, 2.05) is 6.08 Å². The number of carbonyl (C=O) groups is 4. The summed E-state index contributed by atoms with van der Waals surface area (Å²) < 4.78 is 69.8. The van der Waals surface area contributed by atoms with Crippen LogP contribution < -0.4 is 16.0 Å². The van der Waals surface area contributed by atoms with Gasteiger partial charge in [-0.3, -0.25) is 14.4 Å². The topological polar surface area (TPSA) is 461 Å². The first kappa shape index (κ1) is 80.1. The van der Waals surface area contributed by atoms with E-state index in [1.54, 1.807) is 6.08 Å². The molecule has 4 saturated heterocycles. The molecule has 4 aliphatic rings. The Labute approximate surface area is 570 Å². The Morgan fingerprint density at radius 3 is 1.58 bits per heavy atom. The molecule has 3 amide bonds. The van der Waals surface area contributed by atoms with Crippen LogP contribution in [-0.4, -0.2) is 269 Å². The van der Waals surface area contributed by atoms with Gasteiger partial charge in [0.2, 0.25) is 17.7 Å². The lowest BCUT2D eigenvalue weighted by molar-refractivity contribution is -0.401. The number of aliphatic hydroxyl groups excluding tert-OH is 13. The molecule has 560 valence electrons. The van der Waals surface area contributed by atoms with Gasteiger partial charge in [0.25, 0.3) is 5.79 Å². The van der Waals surface area contributed by atoms with Crippen molar-refractivity contribution in [1.29, 1.82) is 0 Å². The summed E-state index contributed by atoms with van der Waals surface area (Å²) in [6.45, 7) is -2.42. The van der Waals surface area contributed by atoms with Crippen LogP contribution in [0.15, 0.2) is 12.2 Å². The SMILES string of the molecule is [2H]C([2H])([2H])CCCCCCCCCCCCCCCCC(=O)N[C@@H](CO[C@@H]1O[C@H](CO)[C@@H](O[C@@H]2O[C@H](CO)[C@H](O[C@@H]3O[C@H](CO)[C@H](O)[C@H](O)[C@H]3NC(C)=O)[C@H](O[C@]3(C(=O)O)C[C@H](O)[C@@H](NC(C)=O)[C@H]([C@H](O)[C@H](O)CO)O3)[C@H]2O)[C@H](O)[C@H]1O)[C@H](O)/C=C/CCCCCCCCCCCCC. The maximum absolute atomic E-state index is 13.6. The molecule has 96 heavy (non-hydrogen) atoms. The highest BCUT2D eigenvalue weighted by Gasteiger charge is 2.61. The summed E-state index contributed by atoms with van der Waals surface area (Å²) in [4.78, 5) is 51.9. The van der Waals surface area contributed by atoms with Crippen LogP contribution in [0.2, 0.25) is 0 Å². The van der Waals surface area contributed by atoms with E-state index in [4.69, 9.17) is 42.0 Å². The smallest absolute Gasteiger partial charge is 0.364 e. The lowest BCUT2D eigenvalue weighted by atomic mass is 9.88. The normalized spacial score (nSPS) is 32.9. The third-order valence-corrected chi connectivity index (χ3v) is 18.3. The molecule has 4 heterocycles. The summed E-state index contributed by atoms with van der Waals surface area (Å²) >= 11 is 0. The van der Waals surface area contributed by atoms with Crippen molar-refractivity contribution in [1.82, 2.24) is 16.0 Å². The fourth-order valence-electron chi connectivity index (χ4n) is 12.7. The molecule has 4 fully saturated rings. The number of unbranched alkanes of at least 4 members (excludes halogenated alkanes) is 24. The van der Waals surface area contributed by atoms with Crippen LogP contribution in [-0.2, 0) is 57.1 Å². The average molecular weight is 1390 g/mol. The number of carboxylic acid groups (broad SMARTS) is 1. The summed E-state index contributed by atoms with van der Waals surface area (Å²) in [5.74, 6) is -7.42. The van der Waals surface area contributed by atoms with E-state index < -0.39 is 205 Å². The van der Waals surface area contributed by atoms with E-state index in [0.717, 1.165) is 123 Å². The number of nitrogens with one attached hydrogen (secondary N) is 3. The third kappa shape index (κ3) is 27.6. The minimum Gasteiger partial charge on any atom is -0.477 e. The highest BCUT2D eigenvalue weighted by molar-refractivity contribution is 5.77. The molecule has 29 nitrogen and oxygen atoms in total. The number of carbonyl (C=O) groups excluding carboxylic acids is 3. The monoisotopic (exact) mass is 1390 g/mol. The van der Waals surface area contributed by atoms with E-state index in [2.05, 4.69) is 22.9 Å². The predicted octanol–water partition coefficient (Wildman–Crippen LogP) is 1.13. The van der Waals surface area contributed by atoms with Crippen LogP contribution in [0.5, 0.6) is 0 Å². The Morgan fingerprint density at radius 2 is 1.06 bits per heavy atom. The largest absolute Gasteiger partial charge is 0.477 e. The first-order valence-electron chi connectivity index (χ1n) is 36.7. The second-order valence-corrected chi connectivity index (χ2v) is 26.2. The van der Waals surface area contributed by atoms with Crippen LogP contribution in [0, 0.1) is 0 Å². The van der Waals surface area contributed by atoms with Crippen molar-refractivity contribution in [3.05, 3.63) is 12.2 Å². The number of hydrogen-bond acceptors (Lipinski definition) is 25. The molecule has 0 aliphatic carbocycles. The minimum absolute atomic E-state index is 0.132. The predicted molar refractivity (Wildman–Crippen MR) is 346 cm³/mol. The van der Waals surface area contributed by atoms with Crippen molar-refractivity contribution in [2.24, 2.45) is 0 Å². The average Bonchev–Trinajstić information content (AvgIpc) is 0.752. The maximum Gasteiger partial charge on any atom is 0.364 e. The molecular formula is C67H121N3O26. The summed E-state index contributed by atoms with van der Waals surface area (Å²) in [5, 5.41) is 163. The van der Waals surface area contributed by atoms with E-state index in [1.165, 1.54) is 44.9 Å². The second-order valence-electron chi connectivity index (χ2n) is 26.2. The zero-order valence-electron chi connectivity index (χ0n) is 59.6. The van der Waals surface area contributed by atoms with Gasteiger partial charge in [0.05, 0.1) is 57.3 Å². The molecule has 0 radical (unpaired) electrons. The third-order valence-electron chi connectivity index (χ3n) is 18.3. The van der Waals surface area contributed by atoms with Gasteiger partial charge < -0.3 is 125 Å². The van der Waals surface area contributed by atoms with Gasteiger partial charge in [-0.05, 0) is 19.3 Å². The molecule has 0 aromatic heterocycles. The molecule has 4 aliphatic heterocycles. The number of hydrogen-bond donors (Lipinski definition) is 17. The van der Waals surface area contributed by atoms with Crippen molar-refractivity contribution in [3.8, 4) is 0 Å². The van der Waals surface area contributed by atoms with E-state index in [-0.39, 0.29) is 18.7 Å². The molecule has 0 unspecified atom stereocenters. The van der Waals surface area contributed by atoms with E-state index in [9.17, 15) is 90.7 Å². The van der Waals surface area contributed by atoms with Crippen LogP contribution in [0.4, 0.5) is 0 Å². The maximum atomic E-state index is 13.6. The number of carboxylic acids is 1. The fraction of sp³-hybridized carbons (Fsp3) is 0.910. The van der Waals surface area contributed by atoms with Crippen molar-refractivity contribution < 1.29 is 133 Å². The molecule has 0 bridgehead atoms. The fourth-order valence-corrected chi connectivity index (χ4v) is 12.7. The van der Waals surface area contributed by atoms with Crippen LogP contribution in [0.1, 0.15) is 218 Å². The highest BCUT2D eigenvalue weighted by atomic mass is 16.8. The lowest BCUT2D eigenvalue weighted by Gasteiger charge is -2.52. The zero-order valence-corrected chi connectivity index (χ0v) is 56.6. The van der Waals surface area contributed by atoms with Gasteiger partial charge in [-0.1, -0.05) is 180 Å². The zero-order chi connectivity index (χ0) is 73.2. The van der Waals surface area contributed by atoms with Gasteiger partial charge in [-0.15, -0.1) is 0 Å². The summed E-state index contributed by atoms with van der Waals surface area (Å²) in [6, 6.07) is -4.56. The number of aliphatic carboxylic acids is 1. The van der Waals surface area contributed by atoms with Gasteiger partial charge in [0.15, 0.2) is 18.9 Å². The molecule has 0 aromatic carbocycles. The minimum atomic E-state index is -3.29. The molecular weight excluding hydrogens is 1260 g/mol. The first-order chi connectivity index (χ1) is 47.2. The lowest BCUT2D eigenvalue weighted by Crippen LogP contribution is -2.72. The number of aliphatic hydroxyl groups is 13. The van der Waals surface area contributed by atoms with Crippen LogP contribution in [0.25, 0.3) is 0 Å². The van der Waals surface area contributed by atoms with Crippen molar-refractivity contribution in [3.63, 3.8) is 0 Å². The van der Waals surface area contributed by atoms with E-state index >= 15 is 0 Å². The highest BCUT2D eigenvalue weighted by Crippen LogP contribution is 2.40. The number of amides is 3. The summed E-state index contributed by atoms with van der Waals surface area (Å²) in [6.07, 6.45) is -8.17. The van der Waals surface area contributed by atoms with Gasteiger partial charge in [-0.25, -0.2) is 4.79 Å². The van der Waals surface area contributed by atoms with Crippen molar-refractivity contribution in [2.45, 2.75) is 354 Å². The van der Waals surface area contributed by atoms with Crippen LogP contribution in [0.3, 0.4) is 0 Å². The Bertz CT molecular complexity index is 2290. The molecule has 4 rings (SSSR count). The van der Waals surface area contributed by atoms with Crippen LogP contribution >= 0.6 is 0 Å². The first-order valence-corrected chi connectivity index (χ1v) is 35.2. The molecule has 23 atom stereocenters. The summed E-state index contributed by atoms with van der Waals surface area (Å²) in [7, 11) is 0. The second kappa shape index (κ2) is 46.3. The molecule has 29 heteroatoms. The quantitative estimate of drug-likeness (QED) is 0.0300. The number of rotatable bonds is 49. The van der Waals surface area contributed by atoms with Gasteiger partial charge in [0, 0.05) is 30.8 Å². The van der Waals surface area contributed by atoms with Gasteiger partial charge in [0.1, 0.15) is 91.5 Å². The number of ether oxygens (including phenoxy) is 8. The Morgan fingerprint density at radius 1 is 0.573 bits per heavy atom. The Kier molecular flexibility index (Phi) is 38.6. The Hall–Kier alpha value is -3.22. The standard InChI is InChI=1S/C67H121N3O26/c1-5-7-9-11-13-15-17-19-20-22-24-26-28-30-32-34-50(80)70-43(44(77)33-31-29-27-25-23-21-18-16-14-12-10-8-6-2)40-89-64-57(85)56(84)59(48(38-73)91-64)93-65-58(86)62(60(49(39-74)92-65)94-63-52(69-42(4)76)55(83)54(82)47(37-72)90-63)96-67(66(87)88)35-45(78)51(68-41(3)75)61(95-67)53(81)46(79)36-71/h31,33,43-49,51-65,71-74,77-79,81-86H,5-30,32,34-40H2,1-4H3,(H,68,75)(H,69,76)(H,70,80)(H,87,88)/b33-31+/t43-,44+,45-,46+,47+,48+,49+,51+,52+,53+,54-,55+,56+,57+,58+,59+,60-,61+,62+,63-,64+,65-,67-/m0/s1/i1D3. The summed E-state index contributed by atoms with van der Waals surface area (Å²) in [5.41, 5.74) is 0. The van der Waals surface area contributed by atoms with Crippen molar-refractivity contribution in [2.75, 3.05) is 33.0 Å². The Balaban J connectivity index is 1.52. The molecule has 0 aromatic rings. The molecule has 0 saturated carbocycles. The van der Waals surface area contributed by atoms with Gasteiger partial charge in [-0.2, -0.15) is 0 Å². The number of allylic oxidation sites excluding steroid dienone is 1. The van der Waals surface area contributed by atoms with Crippen molar-refractivity contribution >= 4 is 23.7 Å². The molecule has 17 N–H and O–H groups in total. The van der Waals surface area contributed by atoms with Gasteiger partial charge >= 0.3 is 5.97 Å². The van der Waals surface area contributed by atoms with E-state index in [0.29, 0.717) is 12.8 Å². The molecule has 0 spiro atoms.